The maximum Gasteiger partial charge on any atom is 0.416 e. The molecule has 184 valence electrons. The van der Waals surface area contributed by atoms with E-state index in [0.29, 0.717) is 24.3 Å². The maximum atomic E-state index is 15.5. The molecule has 35 heavy (non-hydrogen) atoms. The number of anilines is 1. The van der Waals surface area contributed by atoms with Gasteiger partial charge in [0.2, 0.25) is 0 Å². The molecular formula is C25H22F4N2O3S. The molecule has 5 nitrogen and oxygen atoms in total. The third kappa shape index (κ3) is 5.17. The number of piperazine rings is 1. The van der Waals surface area contributed by atoms with Gasteiger partial charge >= 0.3 is 6.18 Å². The van der Waals surface area contributed by atoms with Crippen LogP contribution in [0.3, 0.4) is 0 Å². The zero-order valence-electron chi connectivity index (χ0n) is 18.7. The number of benzene rings is 3. The molecule has 3 aromatic carbocycles. The third-order valence-electron chi connectivity index (χ3n) is 5.93. The lowest BCUT2D eigenvalue weighted by molar-refractivity contribution is -0.137. The molecule has 1 fully saturated rings. The number of alkyl halides is 3. The minimum atomic E-state index is -4.43. The maximum absolute atomic E-state index is 15.5. The predicted molar refractivity (Wildman–Crippen MR) is 125 cm³/mol. The van der Waals surface area contributed by atoms with Gasteiger partial charge in [0.05, 0.1) is 11.1 Å². The van der Waals surface area contributed by atoms with Crippen molar-refractivity contribution in [3.63, 3.8) is 0 Å². The Balaban J connectivity index is 1.60. The van der Waals surface area contributed by atoms with Gasteiger partial charge in [-0.05, 0) is 41.5 Å². The van der Waals surface area contributed by atoms with Crippen molar-refractivity contribution in [3.8, 4) is 11.1 Å². The summed E-state index contributed by atoms with van der Waals surface area (Å²) in [6.45, 7) is 1.03. The molecule has 0 aliphatic carbocycles. The second-order valence-corrected chi connectivity index (χ2v) is 10.2. The average molecular weight is 507 g/mol. The zero-order chi connectivity index (χ0) is 25.4. The Labute approximate surface area is 200 Å². The van der Waals surface area contributed by atoms with Crippen LogP contribution in [0.15, 0.2) is 71.6 Å². The van der Waals surface area contributed by atoms with E-state index in [1.807, 2.05) is 4.90 Å². The fourth-order valence-electron chi connectivity index (χ4n) is 4.10. The summed E-state index contributed by atoms with van der Waals surface area (Å²) in [6, 6.07) is 16.0. The van der Waals surface area contributed by atoms with Crippen molar-refractivity contribution in [2.75, 3.05) is 37.3 Å². The van der Waals surface area contributed by atoms with E-state index >= 15 is 4.39 Å². The number of nitrogens with zero attached hydrogens (tertiary/aromatic N) is 2. The Hall–Kier alpha value is -3.40. The van der Waals surface area contributed by atoms with Crippen LogP contribution in [0.2, 0.25) is 0 Å². The largest absolute Gasteiger partial charge is 0.416 e. The van der Waals surface area contributed by atoms with Crippen LogP contribution in [-0.4, -0.2) is 51.7 Å². The van der Waals surface area contributed by atoms with Gasteiger partial charge in [0.1, 0.15) is 4.90 Å². The molecular weight excluding hydrogens is 484 g/mol. The first-order valence-electron chi connectivity index (χ1n) is 10.8. The highest BCUT2D eigenvalue weighted by atomic mass is 32.2. The molecule has 1 amide bonds. The summed E-state index contributed by atoms with van der Waals surface area (Å²) in [6.07, 6.45) is -3.55. The van der Waals surface area contributed by atoms with Gasteiger partial charge in [-0.1, -0.05) is 36.4 Å². The molecule has 0 bridgehead atoms. The Morgan fingerprint density at radius 1 is 0.857 bits per heavy atom. The molecule has 0 saturated carbocycles. The molecule has 1 aliphatic heterocycles. The van der Waals surface area contributed by atoms with E-state index < -0.39 is 38.2 Å². The van der Waals surface area contributed by atoms with Gasteiger partial charge in [0.15, 0.2) is 15.7 Å². The molecule has 0 atom stereocenters. The van der Waals surface area contributed by atoms with Gasteiger partial charge in [0, 0.05) is 38.1 Å². The van der Waals surface area contributed by atoms with Crippen molar-refractivity contribution in [2.45, 2.75) is 11.1 Å². The summed E-state index contributed by atoms with van der Waals surface area (Å²) < 4.78 is 78.1. The summed E-state index contributed by atoms with van der Waals surface area (Å²) in [5.41, 5.74) is 0.371. The van der Waals surface area contributed by atoms with Gasteiger partial charge in [-0.2, -0.15) is 13.2 Å². The number of halogens is 4. The standard InChI is InChI=1S/C25H22F4N2O3S/c1-35(33,34)21-12-11-20(17-5-3-2-4-6-17)22(23(21)26)24(32)31-15-13-30(14-16-31)19-9-7-18(8-10-19)25(27,28)29/h2-12H,13-16H2,1H3. The smallest absolute Gasteiger partial charge is 0.368 e. The minimum absolute atomic E-state index is 0.191. The van der Waals surface area contributed by atoms with Crippen LogP contribution in [-0.2, 0) is 16.0 Å². The second-order valence-electron chi connectivity index (χ2n) is 8.26. The quantitative estimate of drug-likeness (QED) is 0.474. The molecule has 0 aromatic heterocycles. The number of rotatable bonds is 4. The SMILES string of the molecule is CS(=O)(=O)c1ccc(-c2ccccc2)c(C(=O)N2CCN(c3ccc(C(F)(F)F)cc3)CC2)c1F. The lowest BCUT2D eigenvalue weighted by Crippen LogP contribution is -2.49. The van der Waals surface area contributed by atoms with Crippen LogP contribution in [0.25, 0.3) is 11.1 Å². The van der Waals surface area contributed by atoms with Crippen molar-refractivity contribution in [1.29, 1.82) is 0 Å². The molecule has 0 spiro atoms. The summed E-state index contributed by atoms with van der Waals surface area (Å²) in [4.78, 5) is 16.2. The Morgan fingerprint density at radius 3 is 2.00 bits per heavy atom. The van der Waals surface area contributed by atoms with Crippen molar-refractivity contribution in [2.24, 2.45) is 0 Å². The molecule has 1 saturated heterocycles. The van der Waals surface area contributed by atoms with Crippen LogP contribution in [0.4, 0.5) is 23.2 Å². The van der Waals surface area contributed by atoms with Crippen LogP contribution >= 0.6 is 0 Å². The van der Waals surface area contributed by atoms with E-state index in [2.05, 4.69) is 0 Å². The number of hydrogen-bond acceptors (Lipinski definition) is 4. The summed E-state index contributed by atoms with van der Waals surface area (Å²) in [7, 11) is -3.91. The van der Waals surface area contributed by atoms with Crippen molar-refractivity contribution in [3.05, 3.63) is 83.7 Å². The van der Waals surface area contributed by atoms with E-state index in [1.54, 1.807) is 30.3 Å². The topological polar surface area (TPSA) is 57.7 Å². The van der Waals surface area contributed by atoms with E-state index in [9.17, 15) is 26.4 Å². The summed E-state index contributed by atoms with van der Waals surface area (Å²) in [5.74, 6) is -1.73. The van der Waals surface area contributed by atoms with Crippen LogP contribution in [0.1, 0.15) is 15.9 Å². The van der Waals surface area contributed by atoms with Gasteiger partial charge < -0.3 is 9.80 Å². The van der Waals surface area contributed by atoms with E-state index in [0.717, 1.165) is 24.5 Å². The molecule has 1 aliphatic rings. The normalized spacial score (nSPS) is 14.8. The Bertz CT molecular complexity index is 1330. The van der Waals surface area contributed by atoms with Crippen LogP contribution in [0, 0.1) is 5.82 Å². The molecule has 10 heteroatoms. The van der Waals surface area contributed by atoms with E-state index in [4.69, 9.17) is 0 Å². The zero-order valence-corrected chi connectivity index (χ0v) is 19.5. The molecule has 0 radical (unpaired) electrons. The van der Waals surface area contributed by atoms with Gasteiger partial charge in [0.25, 0.3) is 5.91 Å². The minimum Gasteiger partial charge on any atom is -0.368 e. The fourth-order valence-corrected chi connectivity index (χ4v) is 4.84. The van der Waals surface area contributed by atoms with E-state index in [1.165, 1.54) is 23.1 Å². The van der Waals surface area contributed by atoms with E-state index in [-0.39, 0.29) is 24.2 Å². The molecule has 1 heterocycles. The first-order valence-corrected chi connectivity index (χ1v) is 12.7. The average Bonchev–Trinajstić information content (AvgIpc) is 2.83. The predicted octanol–water partition coefficient (Wildman–Crippen LogP) is 4.88. The summed E-state index contributed by atoms with van der Waals surface area (Å²) in [5, 5.41) is 0. The van der Waals surface area contributed by atoms with Crippen LogP contribution < -0.4 is 4.90 Å². The molecule has 0 unspecified atom stereocenters. The highest BCUT2D eigenvalue weighted by molar-refractivity contribution is 7.90. The second kappa shape index (κ2) is 9.33. The lowest BCUT2D eigenvalue weighted by atomic mass is 9.98. The molecule has 0 N–H and O–H groups in total. The summed E-state index contributed by atoms with van der Waals surface area (Å²) >= 11 is 0. The van der Waals surface area contributed by atoms with Crippen LogP contribution in [0.5, 0.6) is 0 Å². The lowest BCUT2D eigenvalue weighted by Gasteiger charge is -2.36. The first kappa shape index (κ1) is 24.7. The van der Waals surface area contributed by atoms with Crippen molar-refractivity contribution in [1.82, 2.24) is 4.90 Å². The number of sulfone groups is 1. The van der Waals surface area contributed by atoms with Crippen molar-refractivity contribution >= 4 is 21.4 Å². The number of carbonyl (C=O) groups excluding carboxylic acids is 1. The highest BCUT2D eigenvalue weighted by Gasteiger charge is 2.32. The number of amides is 1. The Kier molecular flexibility index (Phi) is 6.59. The highest BCUT2D eigenvalue weighted by Crippen LogP contribution is 2.32. The molecule has 3 aromatic rings. The monoisotopic (exact) mass is 506 g/mol. The van der Waals surface area contributed by atoms with Gasteiger partial charge in [-0.15, -0.1) is 0 Å². The Morgan fingerprint density at radius 2 is 1.46 bits per heavy atom. The third-order valence-corrected chi connectivity index (χ3v) is 7.05. The number of hydrogen-bond donors (Lipinski definition) is 0. The van der Waals surface area contributed by atoms with Gasteiger partial charge in [-0.3, -0.25) is 4.79 Å². The van der Waals surface area contributed by atoms with Crippen molar-refractivity contribution < 1.29 is 30.8 Å². The van der Waals surface area contributed by atoms with Gasteiger partial charge in [-0.25, -0.2) is 12.8 Å². The fraction of sp³-hybridized carbons (Fsp3) is 0.240. The number of carbonyl (C=O) groups is 1. The molecule has 4 rings (SSSR count). The first-order chi connectivity index (χ1) is 16.5.